The van der Waals surface area contributed by atoms with Gasteiger partial charge in [0.15, 0.2) is 0 Å². The van der Waals surface area contributed by atoms with E-state index < -0.39 is 11.2 Å². The predicted molar refractivity (Wildman–Crippen MR) is 147 cm³/mol. The van der Waals surface area contributed by atoms with E-state index in [-0.39, 0.29) is 18.2 Å². The summed E-state index contributed by atoms with van der Waals surface area (Å²) in [7, 11) is 2.16. The lowest BCUT2D eigenvalue weighted by molar-refractivity contribution is 0.0208. The maximum atomic E-state index is 12.7. The summed E-state index contributed by atoms with van der Waals surface area (Å²) in [5.74, 6) is 0.766. The third-order valence-electron chi connectivity index (χ3n) is 7.06. The molecular weight excluding hydrogens is 468 g/mol. The zero-order valence-electron chi connectivity index (χ0n) is 24.3. The summed E-state index contributed by atoms with van der Waals surface area (Å²) in [5.41, 5.74) is 1.15. The molecule has 2 atom stereocenters. The van der Waals surface area contributed by atoms with Crippen molar-refractivity contribution in [3.05, 3.63) is 23.4 Å². The fourth-order valence-corrected chi connectivity index (χ4v) is 5.21. The van der Waals surface area contributed by atoms with Crippen molar-refractivity contribution in [2.45, 2.75) is 117 Å². The molecule has 0 N–H and O–H groups in total. The quantitative estimate of drug-likeness (QED) is 0.426. The minimum Gasteiger partial charge on any atom is -0.444 e. The third-order valence-corrected chi connectivity index (χ3v) is 7.06. The Balaban J connectivity index is 1.45. The van der Waals surface area contributed by atoms with Crippen molar-refractivity contribution in [3.8, 4) is 0 Å². The van der Waals surface area contributed by atoms with E-state index in [1.54, 1.807) is 4.90 Å². The molecule has 0 unspecified atom stereocenters. The van der Waals surface area contributed by atoms with Crippen LogP contribution in [0.2, 0.25) is 0 Å². The number of rotatable bonds is 7. The lowest BCUT2D eigenvalue weighted by Crippen LogP contribution is -2.45. The fraction of sp³-hybridized carbons (Fsp3) is 0.759. The minimum atomic E-state index is -0.524. The average molecular weight is 517 g/mol. The molecule has 8 nitrogen and oxygen atoms in total. The number of likely N-dealkylation sites (tertiary alicyclic amines) is 1. The molecular formula is C29H48N4O4. The largest absolute Gasteiger partial charge is 0.444 e. The number of nitrogens with zero attached hydrogens (tertiary/aromatic N) is 4. The van der Waals surface area contributed by atoms with Crippen molar-refractivity contribution in [2.75, 3.05) is 31.6 Å². The second-order valence-corrected chi connectivity index (χ2v) is 12.6. The Hall–Kier alpha value is -2.35. The highest BCUT2D eigenvalue weighted by Crippen LogP contribution is 2.28. The first-order valence-corrected chi connectivity index (χ1v) is 13.9. The van der Waals surface area contributed by atoms with Gasteiger partial charge >= 0.3 is 12.2 Å². The van der Waals surface area contributed by atoms with E-state index in [2.05, 4.69) is 31.0 Å². The summed E-state index contributed by atoms with van der Waals surface area (Å²) < 4.78 is 11.2. The van der Waals surface area contributed by atoms with Gasteiger partial charge in [0.25, 0.3) is 0 Å². The van der Waals surface area contributed by atoms with Crippen LogP contribution in [-0.2, 0) is 22.3 Å². The molecule has 2 aliphatic heterocycles. The number of carbonyl (C=O) groups excluding carboxylic acids is 2. The molecule has 2 amide bonds. The van der Waals surface area contributed by atoms with Crippen LogP contribution in [0.4, 0.5) is 15.4 Å². The van der Waals surface area contributed by atoms with Gasteiger partial charge < -0.3 is 19.3 Å². The molecule has 1 aromatic heterocycles. The Morgan fingerprint density at radius 2 is 1.68 bits per heavy atom. The number of hydrogen-bond donors (Lipinski definition) is 0. The van der Waals surface area contributed by atoms with E-state index in [1.807, 2.05) is 46.4 Å². The van der Waals surface area contributed by atoms with Crippen LogP contribution in [0.5, 0.6) is 0 Å². The van der Waals surface area contributed by atoms with Gasteiger partial charge in [-0.3, -0.25) is 4.90 Å². The molecule has 1 saturated heterocycles. The number of fused-ring (bicyclic) bond motifs is 1. The zero-order chi connectivity index (χ0) is 27.4. The Labute approximate surface area is 223 Å². The number of ether oxygens (including phenoxy) is 2. The first-order chi connectivity index (χ1) is 17.2. The summed E-state index contributed by atoms with van der Waals surface area (Å²) in [6.45, 7) is 15.9. The third kappa shape index (κ3) is 8.32. The van der Waals surface area contributed by atoms with Gasteiger partial charge in [0.05, 0.1) is 0 Å². The summed E-state index contributed by atoms with van der Waals surface area (Å²) in [5, 5.41) is 0. The number of unbranched alkanes of at least 4 members (excludes halogenated alkanes) is 2. The first-order valence-electron chi connectivity index (χ1n) is 13.9. The molecule has 208 valence electrons. The van der Waals surface area contributed by atoms with E-state index in [0.29, 0.717) is 12.6 Å². The van der Waals surface area contributed by atoms with E-state index in [4.69, 9.17) is 14.5 Å². The molecule has 0 aromatic carbocycles. The van der Waals surface area contributed by atoms with Crippen molar-refractivity contribution in [1.29, 1.82) is 0 Å². The SMILES string of the molecule is C[C@@H]1[C@H](N(C)CCCCCc2ccc3c(n2)N(C(=O)OC(C)(C)C)CCC3)CCN1C(=O)OC(C)(C)C. The summed E-state index contributed by atoms with van der Waals surface area (Å²) in [6, 6.07) is 4.73. The van der Waals surface area contributed by atoms with Crippen LogP contribution in [0, 0.1) is 0 Å². The van der Waals surface area contributed by atoms with Gasteiger partial charge in [0, 0.05) is 30.9 Å². The normalized spacial score (nSPS) is 20.2. The van der Waals surface area contributed by atoms with Gasteiger partial charge in [-0.25, -0.2) is 14.6 Å². The van der Waals surface area contributed by atoms with Crippen LogP contribution in [0.25, 0.3) is 0 Å². The predicted octanol–water partition coefficient (Wildman–Crippen LogP) is 5.81. The number of carbonyl (C=O) groups is 2. The van der Waals surface area contributed by atoms with E-state index >= 15 is 0 Å². The Kier molecular flexibility index (Phi) is 9.48. The van der Waals surface area contributed by atoms with Gasteiger partial charge in [-0.1, -0.05) is 12.5 Å². The van der Waals surface area contributed by atoms with E-state index in [0.717, 1.165) is 75.1 Å². The molecule has 1 aromatic rings. The van der Waals surface area contributed by atoms with Crippen molar-refractivity contribution < 1.29 is 19.1 Å². The molecule has 8 heteroatoms. The monoisotopic (exact) mass is 516 g/mol. The molecule has 3 rings (SSSR count). The molecule has 0 saturated carbocycles. The van der Waals surface area contributed by atoms with Gasteiger partial charge in [-0.15, -0.1) is 0 Å². The van der Waals surface area contributed by atoms with E-state index in [1.165, 1.54) is 0 Å². The van der Waals surface area contributed by atoms with Crippen LogP contribution in [0.1, 0.15) is 91.8 Å². The molecule has 2 aliphatic rings. The summed E-state index contributed by atoms with van der Waals surface area (Å²) in [6.07, 6.45) is 6.48. The molecule has 0 bridgehead atoms. The lowest BCUT2D eigenvalue weighted by atomic mass is 10.0. The highest BCUT2D eigenvalue weighted by atomic mass is 16.6. The van der Waals surface area contributed by atoms with Crippen LogP contribution >= 0.6 is 0 Å². The fourth-order valence-electron chi connectivity index (χ4n) is 5.21. The zero-order valence-corrected chi connectivity index (χ0v) is 24.3. The van der Waals surface area contributed by atoms with Crippen molar-refractivity contribution in [3.63, 3.8) is 0 Å². The number of hydrogen-bond acceptors (Lipinski definition) is 6. The van der Waals surface area contributed by atoms with Crippen LogP contribution < -0.4 is 4.90 Å². The second-order valence-electron chi connectivity index (χ2n) is 12.6. The topological polar surface area (TPSA) is 75.2 Å². The summed E-state index contributed by atoms with van der Waals surface area (Å²) >= 11 is 0. The Morgan fingerprint density at radius 3 is 2.35 bits per heavy atom. The van der Waals surface area contributed by atoms with Crippen molar-refractivity contribution in [1.82, 2.24) is 14.8 Å². The lowest BCUT2D eigenvalue weighted by Gasteiger charge is -2.32. The number of pyridine rings is 1. The van der Waals surface area contributed by atoms with Crippen LogP contribution in [-0.4, -0.2) is 76.9 Å². The number of amides is 2. The highest BCUT2D eigenvalue weighted by molar-refractivity contribution is 5.88. The number of likely N-dealkylation sites (N-methyl/N-ethyl adjacent to an activating group) is 1. The number of anilines is 1. The molecule has 3 heterocycles. The molecule has 1 fully saturated rings. The number of aromatic nitrogens is 1. The Bertz CT molecular complexity index is 937. The standard InChI is InChI=1S/C29H48N4O4/c1-21-24(17-20-32(21)26(34)36-28(2,3)4)31(8)18-11-9-10-14-23-16-15-22-13-12-19-33(25(22)30-23)27(35)37-29(5,6)7/h15-16,21,24H,9-14,17-20H2,1-8H3/t21-,24-/m1/s1. The van der Waals surface area contributed by atoms with Gasteiger partial charge in [0.2, 0.25) is 0 Å². The van der Waals surface area contributed by atoms with Crippen molar-refractivity contribution in [2.24, 2.45) is 0 Å². The molecule has 0 spiro atoms. The smallest absolute Gasteiger partial charge is 0.416 e. The van der Waals surface area contributed by atoms with Gasteiger partial charge in [0.1, 0.15) is 17.0 Å². The maximum Gasteiger partial charge on any atom is 0.416 e. The first kappa shape index (κ1) is 29.2. The molecule has 37 heavy (non-hydrogen) atoms. The molecule has 0 aliphatic carbocycles. The van der Waals surface area contributed by atoms with Crippen molar-refractivity contribution >= 4 is 18.0 Å². The van der Waals surface area contributed by atoms with Crippen LogP contribution in [0.15, 0.2) is 12.1 Å². The molecule has 0 radical (unpaired) electrons. The van der Waals surface area contributed by atoms with Gasteiger partial charge in [-0.05, 0) is 112 Å². The highest BCUT2D eigenvalue weighted by Gasteiger charge is 2.38. The number of aryl methyl sites for hydroxylation is 2. The second kappa shape index (κ2) is 12.0. The Morgan fingerprint density at radius 1 is 1.00 bits per heavy atom. The van der Waals surface area contributed by atoms with Gasteiger partial charge in [-0.2, -0.15) is 0 Å². The van der Waals surface area contributed by atoms with E-state index in [9.17, 15) is 9.59 Å². The minimum absolute atomic E-state index is 0.146. The average Bonchev–Trinajstić information content (AvgIpc) is 3.17. The summed E-state index contributed by atoms with van der Waals surface area (Å²) in [4.78, 5) is 36.1. The van der Waals surface area contributed by atoms with Crippen LogP contribution in [0.3, 0.4) is 0 Å². The maximum absolute atomic E-state index is 12.7.